The van der Waals surface area contributed by atoms with Crippen molar-refractivity contribution < 1.29 is 14.0 Å². The number of amides is 2. The van der Waals surface area contributed by atoms with E-state index in [1.54, 1.807) is 10.4 Å². The average Bonchev–Trinajstić information content (AvgIpc) is 3.11. The van der Waals surface area contributed by atoms with Crippen LogP contribution in [-0.2, 0) is 4.79 Å². The number of carbonyl (C=O) groups excluding carboxylic acids is 2. The molecule has 0 radical (unpaired) electrons. The first-order chi connectivity index (χ1) is 11.7. The van der Waals surface area contributed by atoms with E-state index >= 15 is 0 Å². The van der Waals surface area contributed by atoms with Gasteiger partial charge < -0.3 is 14.6 Å². The summed E-state index contributed by atoms with van der Waals surface area (Å²) >= 11 is 1.29. The monoisotopic (exact) mass is 347 g/mol. The minimum atomic E-state index is -0.117. The smallest absolute Gasteiger partial charge is 0.275 e. The quantitative estimate of drug-likeness (QED) is 0.906. The highest BCUT2D eigenvalue weighted by molar-refractivity contribution is 7.13. The summed E-state index contributed by atoms with van der Waals surface area (Å²) in [4.78, 5) is 30.7. The Morgan fingerprint density at radius 2 is 2.04 bits per heavy atom. The Kier molecular flexibility index (Phi) is 4.01. The second-order valence-corrected chi connectivity index (χ2v) is 6.98. The van der Waals surface area contributed by atoms with Crippen LogP contribution in [0.25, 0.3) is 0 Å². The molecule has 0 atom stereocenters. The van der Waals surface area contributed by atoms with E-state index < -0.39 is 0 Å². The van der Waals surface area contributed by atoms with Crippen LogP contribution < -0.4 is 5.32 Å². The van der Waals surface area contributed by atoms with Gasteiger partial charge in [-0.15, -0.1) is 10.2 Å². The first kappa shape index (κ1) is 15.3. The van der Waals surface area contributed by atoms with Crippen molar-refractivity contribution in [3.8, 4) is 0 Å². The lowest BCUT2D eigenvalue weighted by molar-refractivity contribution is -0.121. The van der Waals surface area contributed by atoms with Crippen molar-refractivity contribution >= 4 is 28.3 Å². The molecule has 0 bridgehead atoms. The third-order valence-corrected chi connectivity index (χ3v) is 5.02. The normalized spacial score (nSPS) is 18.6. The third-order valence-electron chi connectivity index (χ3n) is 4.41. The van der Waals surface area contributed by atoms with Gasteiger partial charge >= 0.3 is 0 Å². The molecule has 2 amide bonds. The maximum atomic E-state index is 12.5. The highest BCUT2D eigenvalue weighted by Crippen LogP contribution is 2.39. The zero-order chi connectivity index (χ0) is 16.5. The summed E-state index contributed by atoms with van der Waals surface area (Å²) in [7, 11) is 0. The van der Waals surface area contributed by atoms with E-state index in [1.165, 1.54) is 17.6 Å². The molecule has 0 unspecified atom stereocenters. The number of carbonyl (C=O) groups is 2. The highest BCUT2D eigenvalue weighted by Gasteiger charge is 2.32. The zero-order valence-electron chi connectivity index (χ0n) is 13.0. The van der Waals surface area contributed by atoms with Gasteiger partial charge in [-0.2, -0.15) is 0 Å². The van der Waals surface area contributed by atoms with Gasteiger partial charge in [0.05, 0.1) is 0 Å². The minimum absolute atomic E-state index is 0.0590. The zero-order valence-corrected chi connectivity index (χ0v) is 13.8. The van der Waals surface area contributed by atoms with Crippen LogP contribution in [0.2, 0.25) is 0 Å². The van der Waals surface area contributed by atoms with E-state index in [1.807, 2.05) is 0 Å². The molecule has 1 aliphatic carbocycles. The van der Waals surface area contributed by atoms with Crippen molar-refractivity contribution in [2.75, 3.05) is 18.4 Å². The Hall–Kier alpha value is -2.29. The fourth-order valence-corrected chi connectivity index (χ4v) is 3.29. The van der Waals surface area contributed by atoms with E-state index in [2.05, 4.69) is 20.5 Å². The summed E-state index contributed by atoms with van der Waals surface area (Å²) < 4.78 is 5.38. The van der Waals surface area contributed by atoms with Crippen molar-refractivity contribution in [1.82, 2.24) is 20.1 Å². The molecule has 1 N–H and O–H groups in total. The Labute approximate surface area is 142 Å². The predicted octanol–water partition coefficient (Wildman–Crippen LogP) is 1.89. The molecule has 2 aromatic rings. The molecule has 0 aromatic carbocycles. The molecule has 4 rings (SSSR count). The Bertz CT molecular complexity index is 732. The summed E-state index contributed by atoms with van der Waals surface area (Å²) in [6, 6.07) is 0. The molecule has 24 heavy (non-hydrogen) atoms. The molecule has 126 valence electrons. The number of piperidine rings is 1. The number of hydrogen-bond acceptors (Lipinski definition) is 7. The average molecular weight is 347 g/mol. The molecular formula is C15H17N5O3S. The largest absolute Gasteiger partial charge is 0.448 e. The number of nitrogens with zero attached hydrogens (tertiary/aromatic N) is 4. The van der Waals surface area contributed by atoms with Crippen molar-refractivity contribution in [1.29, 1.82) is 0 Å². The standard InChI is InChI=1S/C15H17N5O3S/c21-12(18-15-19-16-8-24-15)9-3-5-20(6-4-9)14(22)11-7-23-13(17-11)10-1-2-10/h7-10H,1-6H2,(H,18,19,21). The highest BCUT2D eigenvalue weighted by atomic mass is 32.1. The Morgan fingerprint density at radius 1 is 1.25 bits per heavy atom. The number of anilines is 1. The van der Waals surface area contributed by atoms with Gasteiger partial charge in [-0.05, 0) is 25.7 Å². The van der Waals surface area contributed by atoms with Crippen molar-refractivity contribution in [2.45, 2.75) is 31.6 Å². The number of hydrogen-bond donors (Lipinski definition) is 1. The number of nitrogens with one attached hydrogen (secondary N) is 1. The second kappa shape index (κ2) is 6.31. The molecule has 9 heteroatoms. The molecule has 1 saturated heterocycles. The molecule has 2 fully saturated rings. The lowest BCUT2D eigenvalue weighted by atomic mass is 9.96. The lowest BCUT2D eigenvalue weighted by Gasteiger charge is -2.30. The van der Waals surface area contributed by atoms with Crippen LogP contribution in [0.4, 0.5) is 5.13 Å². The molecule has 8 nitrogen and oxygen atoms in total. The van der Waals surface area contributed by atoms with Crippen LogP contribution in [0.15, 0.2) is 16.2 Å². The van der Waals surface area contributed by atoms with Crippen LogP contribution in [0.3, 0.4) is 0 Å². The number of aromatic nitrogens is 3. The molecule has 2 aliphatic rings. The van der Waals surface area contributed by atoms with Gasteiger partial charge in [-0.3, -0.25) is 9.59 Å². The minimum Gasteiger partial charge on any atom is -0.448 e. The summed E-state index contributed by atoms with van der Waals surface area (Å²) in [5.41, 5.74) is 1.94. The van der Waals surface area contributed by atoms with Gasteiger partial charge in [0, 0.05) is 24.9 Å². The topological polar surface area (TPSA) is 101 Å². The van der Waals surface area contributed by atoms with Crippen LogP contribution >= 0.6 is 11.3 Å². The van der Waals surface area contributed by atoms with Crippen molar-refractivity contribution in [3.05, 3.63) is 23.4 Å². The fourth-order valence-electron chi connectivity index (χ4n) is 2.85. The molecule has 2 aromatic heterocycles. The number of likely N-dealkylation sites (tertiary alicyclic amines) is 1. The van der Waals surface area contributed by atoms with Gasteiger partial charge in [0.25, 0.3) is 5.91 Å². The first-order valence-electron chi connectivity index (χ1n) is 8.02. The van der Waals surface area contributed by atoms with Gasteiger partial charge in [0.15, 0.2) is 11.6 Å². The van der Waals surface area contributed by atoms with E-state index in [0.717, 1.165) is 12.8 Å². The molecule has 0 spiro atoms. The Balaban J connectivity index is 1.31. The fraction of sp³-hybridized carbons (Fsp3) is 0.533. The summed E-state index contributed by atoms with van der Waals surface area (Å²) in [6.07, 6.45) is 4.88. The Morgan fingerprint density at radius 3 is 2.71 bits per heavy atom. The van der Waals surface area contributed by atoms with Gasteiger partial charge in [0.2, 0.25) is 11.0 Å². The summed E-state index contributed by atoms with van der Waals surface area (Å²) in [5, 5.41) is 10.8. The van der Waals surface area contributed by atoms with Crippen molar-refractivity contribution in [2.24, 2.45) is 5.92 Å². The van der Waals surface area contributed by atoms with E-state index in [4.69, 9.17) is 4.42 Å². The maximum Gasteiger partial charge on any atom is 0.275 e. The lowest BCUT2D eigenvalue weighted by Crippen LogP contribution is -2.41. The van der Waals surface area contributed by atoms with E-state index in [0.29, 0.717) is 48.6 Å². The summed E-state index contributed by atoms with van der Waals surface area (Å²) in [6.45, 7) is 1.08. The third kappa shape index (κ3) is 3.16. The molecule has 1 saturated carbocycles. The van der Waals surface area contributed by atoms with Gasteiger partial charge in [-0.1, -0.05) is 11.3 Å². The molecule has 3 heterocycles. The predicted molar refractivity (Wildman–Crippen MR) is 85.6 cm³/mol. The molecular weight excluding hydrogens is 330 g/mol. The van der Waals surface area contributed by atoms with Crippen LogP contribution in [0.1, 0.15) is 48.0 Å². The SMILES string of the molecule is O=C(Nc1nncs1)C1CCN(C(=O)c2coc(C3CC3)n2)CC1. The van der Waals surface area contributed by atoms with Crippen LogP contribution in [-0.4, -0.2) is 45.0 Å². The van der Waals surface area contributed by atoms with E-state index in [-0.39, 0.29) is 17.7 Å². The number of oxazole rings is 1. The van der Waals surface area contributed by atoms with Gasteiger partial charge in [-0.25, -0.2) is 4.98 Å². The summed E-state index contributed by atoms with van der Waals surface area (Å²) in [5.74, 6) is 0.772. The van der Waals surface area contributed by atoms with E-state index in [9.17, 15) is 9.59 Å². The second-order valence-electron chi connectivity index (χ2n) is 6.14. The van der Waals surface area contributed by atoms with Crippen LogP contribution in [0, 0.1) is 5.92 Å². The first-order valence-corrected chi connectivity index (χ1v) is 8.90. The maximum absolute atomic E-state index is 12.5. The van der Waals surface area contributed by atoms with Crippen molar-refractivity contribution in [3.63, 3.8) is 0 Å². The molecule has 1 aliphatic heterocycles. The van der Waals surface area contributed by atoms with Crippen LogP contribution in [0.5, 0.6) is 0 Å². The van der Waals surface area contributed by atoms with Gasteiger partial charge in [0.1, 0.15) is 11.8 Å². The number of rotatable bonds is 4.